The number of hydrogen-bond donors (Lipinski definition) is 2. The van der Waals surface area contributed by atoms with Crippen molar-refractivity contribution < 1.29 is 17.7 Å². The number of aryl methyl sites for hydroxylation is 1. The van der Waals surface area contributed by atoms with Gasteiger partial charge in [-0.2, -0.15) is 0 Å². The largest absolute Gasteiger partial charge is 0.496 e. The van der Waals surface area contributed by atoms with Crippen molar-refractivity contribution in [3.63, 3.8) is 0 Å². The zero-order chi connectivity index (χ0) is 35.2. The Hall–Kier alpha value is -3.87. The lowest BCUT2D eigenvalue weighted by atomic mass is 9.80. The maximum Gasteiger partial charge on any atom is 0.496 e. The Morgan fingerprint density at radius 3 is 2.39 bits per heavy atom. The van der Waals surface area contributed by atoms with Crippen molar-refractivity contribution >= 4 is 50.8 Å². The second-order valence-electron chi connectivity index (χ2n) is 14.3. The minimum Gasteiger partial charge on any atom is -0.399 e. The smallest absolute Gasteiger partial charge is 0.399 e. The molecular weight excluding hydrogens is 657 g/mol. The lowest BCUT2D eigenvalue weighted by Gasteiger charge is -2.36. The third-order valence-electron chi connectivity index (χ3n) is 8.97. The van der Waals surface area contributed by atoms with Crippen molar-refractivity contribution in [2.75, 3.05) is 5.32 Å². The van der Waals surface area contributed by atoms with Gasteiger partial charge >= 0.3 is 7.12 Å². The molecule has 0 aliphatic carbocycles. The van der Waals surface area contributed by atoms with Gasteiger partial charge in [0.15, 0.2) is 0 Å². The maximum absolute atomic E-state index is 13.0. The monoisotopic (exact) mass is 697 g/mol. The molecule has 1 fully saturated rings. The van der Waals surface area contributed by atoms with Crippen LogP contribution in [-0.4, -0.2) is 47.2 Å². The molecule has 12 heteroatoms. The van der Waals surface area contributed by atoms with Crippen LogP contribution in [0.2, 0.25) is 5.15 Å². The predicted octanol–water partition coefficient (Wildman–Crippen LogP) is 6.86. The van der Waals surface area contributed by atoms with Gasteiger partial charge in [0.1, 0.15) is 11.0 Å². The highest BCUT2D eigenvalue weighted by Crippen LogP contribution is 2.40. The number of nitrogens with one attached hydrogen (secondary N) is 2. The number of rotatable bonds is 9. The molecular formula is C37H41BClN5O4S. The van der Waals surface area contributed by atoms with Gasteiger partial charge in [-0.05, 0) is 88.2 Å². The summed E-state index contributed by atoms with van der Waals surface area (Å²) >= 11 is 6.59. The first-order valence-electron chi connectivity index (χ1n) is 16.2. The van der Waals surface area contributed by atoms with E-state index in [0.717, 1.165) is 38.7 Å². The standard InChI is InChI=1S/C37H41BClN5O4S/c1-24-30-14-11-15-31(26-12-9-8-10-13-26)32(30)34(43-33(24)39)42-22-28-17-16-25(20-41-28)19-37(7)36(5,6)47-38(48-37)27-18-29(23-40-21-27)49(45,46)44-35(2,3)4/h8-18,20-21,23,44H,19,22H2,1-7H3,(H,42,43). The molecule has 254 valence electrons. The summed E-state index contributed by atoms with van der Waals surface area (Å²) in [6, 6.07) is 22.1. The second kappa shape index (κ2) is 13.1. The molecule has 1 aliphatic heterocycles. The van der Waals surface area contributed by atoms with Crippen LogP contribution in [0.25, 0.3) is 21.9 Å². The quantitative estimate of drug-likeness (QED) is 0.127. The summed E-state index contributed by atoms with van der Waals surface area (Å²) in [6.45, 7) is 13.8. The minimum atomic E-state index is -3.78. The third kappa shape index (κ3) is 7.37. The molecule has 6 rings (SSSR count). The van der Waals surface area contributed by atoms with E-state index in [9.17, 15) is 8.42 Å². The molecule has 3 aromatic heterocycles. The van der Waals surface area contributed by atoms with Gasteiger partial charge in [0.25, 0.3) is 0 Å². The van der Waals surface area contributed by atoms with Gasteiger partial charge in [-0.1, -0.05) is 66.2 Å². The van der Waals surface area contributed by atoms with Gasteiger partial charge in [0.2, 0.25) is 10.0 Å². The number of halogens is 1. The number of sulfonamides is 1. The summed E-state index contributed by atoms with van der Waals surface area (Å²) in [5.41, 5.74) is 3.37. The van der Waals surface area contributed by atoms with Gasteiger partial charge in [-0.3, -0.25) is 9.97 Å². The highest BCUT2D eigenvalue weighted by atomic mass is 35.5. The molecule has 1 saturated heterocycles. The number of aromatic nitrogens is 3. The van der Waals surface area contributed by atoms with Crippen LogP contribution in [0, 0.1) is 6.92 Å². The van der Waals surface area contributed by atoms with Gasteiger partial charge in [0, 0.05) is 41.4 Å². The zero-order valence-electron chi connectivity index (χ0n) is 28.8. The van der Waals surface area contributed by atoms with Crippen molar-refractivity contribution in [1.29, 1.82) is 0 Å². The summed E-state index contributed by atoms with van der Waals surface area (Å²) in [7, 11) is -4.57. The lowest BCUT2D eigenvalue weighted by molar-refractivity contribution is -0.00882. The van der Waals surface area contributed by atoms with Crippen LogP contribution >= 0.6 is 11.6 Å². The minimum absolute atomic E-state index is 0.0549. The first kappa shape index (κ1) is 35.0. The maximum atomic E-state index is 13.0. The predicted molar refractivity (Wildman–Crippen MR) is 197 cm³/mol. The number of anilines is 1. The van der Waals surface area contributed by atoms with E-state index >= 15 is 0 Å². The normalized spacial score (nSPS) is 17.8. The highest BCUT2D eigenvalue weighted by Gasteiger charge is 2.54. The van der Waals surface area contributed by atoms with Gasteiger partial charge in [0.05, 0.1) is 28.3 Å². The van der Waals surface area contributed by atoms with E-state index in [2.05, 4.69) is 39.3 Å². The van der Waals surface area contributed by atoms with Crippen molar-refractivity contribution in [2.24, 2.45) is 0 Å². The Bertz CT molecular complexity index is 2110. The van der Waals surface area contributed by atoms with Crippen LogP contribution < -0.4 is 15.5 Å². The molecule has 2 aromatic carbocycles. The molecule has 49 heavy (non-hydrogen) atoms. The molecule has 0 spiro atoms. The molecule has 0 radical (unpaired) electrons. The average molecular weight is 698 g/mol. The Kier molecular flexibility index (Phi) is 9.36. The van der Waals surface area contributed by atoms with E-state index in [1.807, 2.05) is 70.3 Å². The van der Waals surface area contributed by atoms with Crippen molar-refractivity contribution in [1.82, 2.24) is 19.7 Å². The van der Waals surface area contributed by atoms with E-state index in [4.69, 9.17) is 30.9 Å². The van der Waals surface area contributed by atoms with E-state index in [1.54, 1.807) is 33.0 Å². The molecule has 0 bridgehead atoms. The summed E-state index contributed by atoms with van der Waals surface area (Å²) in [4.78, 5) is 13.7. The molecule has 0 amide bonds. The summed E-state index contributed by atoms with van der Waals surface area (Å²) in [6.07, 6.45) is 5.28. The van der Waals surface area contributed by atoms with Crippen LogP contribution in [0.15, 0.2) is 90.2 Å². The number of fused-ring (bicyclic) bond motifs is 1. The molecule has 1 atom stereocenters. The fourth-order valence-electron chi connectivity index (χ4n) is 6.04. The lowest BCUT2D eigenvalue weighted by Crippen LogP contribution is -2.46. The van der Waals surface area contributed by atoms with E-state index in [1.165, 1.54) is 6.20 Å². The van der Waals surface area contributed by atoms with Gasteiger partial charge < -0.3 is 14.6 Å². The number of nitrogens with zero attached hydrogens (tertiary/aromatic N) is 3. The molecule has 2 N–H and O–H groups in total. The van der Waals surface area contributed by atoms with Crippen LogP contribution in [0.1, 0.15) is 58.4 Å². The Balaban J connectivity index is 1.18. The summed E-state index contributed by atoms with van der Waals surface area (Å²) in [5, 5.41) is 6.01. The molecule has 9 nitrogen and oxygen atoms in total. The number of hydrogen-bond acceptors (Lipinski definition) is 8. The zero-order valence-corrected chi connectivity index (χ0v) is 30.4. The number of pyridine rings is 3. The van der Waals surface area contributed by atoms with E-state index in [-0.39, 0.29) is 4.90 Å². The summed E-state index contributed by atoms with van der Waals surface area (Å²) in [5.74, 6) is 0.702. The Labute approximate surface area is 294 Å². The second-order valence-corrected chi connectivity index (χ2v) is 16.3. The Morgan fingerprint density at radius 1 is 0.939 bits per heavy atom. The average Bonchev–Trinajstić information content (AvgIpc) is 3.29. The van der Waals surface area contributed by atoms with Crippen LogP contribution in [0.5, 0.6) is 0 Å². The third-order valence-corrected chi connectivity index (χ3v) is 11.1. The van der Waals surface area contributed by atoms with E-state index < -0.39 is 33.9 Å². The van der Waals surface area contributed by atoms with Crippen molar-refractivity contribution in [3.8, 4) is 11.1 Å². The van der Waals surface area contributed by atoms with Crippen LogP contribution in [0.4, 0.5) is 5.82 Å². The van der Waals surface area contributed by atoms with Crippen molar-refractivity contribution in [2.45, 2.75) is 83.1 Å². The van der Waals surface area contributed by atoms with Crippen molar-refractivity contribution in [3.05, 3.63) is 107 Å². The van der Waals surface area contributed by atoms with E-state index in [0.29, 0.717) is 29.4 Å². The number of benzene rings is 2. The Morgan fingerprint density at radius 2 is 1.69 bits per heavy atom. The molecule has 5 aromatic rings. The van der Waals surface area contributed by atoms with Crippen LogP contribution in [-0.2, 0) is 32.3 Å². The van der Waals surface area contributed by atoms with Gasteiger partial charge in [-0.15, -0.1) is 0 Å². The van der Waals surface area contributed by atoms with Gasteiger partial charge in [-0.25, -0.2) is 18.1 Å². The molecule has 0 saturated carbocycles. The first-order chi connectivity index (χ1) is 23.1. The van der Waals surface area contributed by atoms with Crippen LogP contribution in [0.3, 0.4) is 0 Å². The summed E-state index contributed by atoms with van der Waals surface area (Å²) < 4.78 is 41.5. The highest BCUT2D eigenvalue weighted by molar-refractivity contribution is 7.89. The molecule has 1 unspecified atom stereocenters. The topological polar surface area (TPSA) is 115 Å². The fraction of sp³-hybridized carbons (Fsp3) is 0.324. The molecule has 1 aliphatic rings. The fourth-order valence-corrected chi connectivity index (χ4v) is 7.64. The first-order valence-corrected chi connectivity index (χ1v) is 18.1. The molecule has 4 heterocycles. The SMILES string of the molecule is Cc1c(Cl)nc(NCc2ccc(CC3(C)OB(c4cncc(S(=O)(=O)NC(C)(C)C)c4)OC3(C)C)cn2)c2c(-c3ccccc3)cccc12.